The molecule has 142 valence electrons. The first-order valence-corrected chi connectivity index (χ1v) is 9.16. The molecular formula is C18H17ClN2O5S. The summed E-state index contributed by atoms with van der Waals surface area (Å²) in [5, 5.41) is 13.8. The first-order chi connectivity index (χ1) is 12.9. The number of nitriles is 1. The number of halogens is 1. The van der Waals surface area contributed by atoms with E-state index in [-0.39, 0.29) is 16.3 Å². The largest absolute Gasteiger partial charge is 0.493 e. The Balaban J connectivity index is 2.11. The summed E-state index contributed by atoms with van der Waals surface area (Å²) in [5.74, 6) is -0.685. The quantitative estimate of drug-likeness (QED) is 0.698. The average molecular weight is 409 g/mol. The summed E-state index contributed by atoms with van der Waals surface area (Å²) in [7, 11) is 1.42. The fourth-order valence-corrected chi connectivity index (χ4v) is 3.12. The molecule has 1 atom stereocenters. The maximum absolute atomic E-state index is 12.4. The molecule has 0 unspecified atom stereocenters. The summed E-state index contributed by atoms with van der Waals surface area (Å²) in [6.07, 6.45) is -1.08. The van der Waals surface area contributed by atoms with Gasteiger partial charge in [0.25, 0.3) is 5.91 Å². The van der Waals surface area contributed by atoms with Gasteiger partial charge >= 0.3 is 5.97 Å². The molecule has 2 rings (SSSR count). The lowest BCUT2D eigenvalue weighted by Crippen LogP contribution is -2.30. The zero-order valence-electron chi connectivity index (χ0n) is 14.9. The number of esters is 1. The molecular weight excluding hydrogens is 392 g/mol. The maximum Gasteiger partial charge on any atom is 0.339 e. The minimum atomic E-state index is -1.08. The lowest BCUT2D eigenvalue weighted by Gasteiger charge is -2.15. The van der Waals surface area contributed by atoms with E-state index in [2.05, 4.69) is 5.32 Å². The third-order valence-electron chi connectivity index (χ3n) is 3.43. The van der Waals surface area contributed by atoms with E-state index < -0.39 is 18.0 Å². The summed E-state index contributed by atoms with van der Waals surface area (Å²) in [4.78, 5) is 24.6. The Hall–Kier alpha value is -2.76. The number of carbonyl (C=O) groups excluding carboxylic acids is 2. The lowest BCUT2D eigenvalue weighted by atomic mass is 10.2. The summed E-state index contributed by atoms with van der Waals surface area (Å²) in [6, 6.07) is 6.37. The van der Waals surface area contributed by atoms with Gasteiger partial charge in [0.15, 0.2) is 17.6 Å². The van der Waals surface area contributed by atoms with Crippen LogP contribution in [0.15, 0.2) is 23.6 Å². The molecule has 1 heterocycles. The van der Waals surface area contributed by atoms with E-state index in [4.69, 9.17) is 31.1 Å². The number of thiophene rings is 1. The van der Waals surface area contributed by atoms with Crippen LogP contribution in [0.5, 0.6) is 11.5 Å². The Labute approximate surface area is 165 Å². The van der Waals surface area contributed by atoms with Gasteiger partial charge in [-0.05, 0) is 37.4 Å². The van der Waals surface area contributed by atoms with E-state index in [1.807, 2.05) is 6.07 Å². The lowest BCUT2D eigenvalue weighted by molar-refractivity contribution is -0.123. The van der Waals surface area contributed by atoms with Gasteiger partial charge in [-0.1, -0.05) is 11.6 Å². The zero-order valence-corrected chi connectivity index (χ0v) is 16.4. The second-order valence-corrected chi connectivity index (χ2v) is 6.56. The topological polar surface area (TPSA) is 97.6 Å². The highest BCUT2D eigenvalue weighted by Gasteiger charge is 2.22. The molecule has 1 N–H and O–H groups in total. The SMILES string of the molecule is CCOc1c(Cl)cc(C(=O)O[C@@H](C)C(=O)Nc2sccc2C#N)cc1OC. The normalized spacial score (nSPS) is 11.2. The van der Waals surface area contributed by atoms with Crippen LogP contribution in [0.3, 0.4) is 0 Å². The molecule has 1 amide bonds. The first kappa shape index (κ1) is 20.6. The molecule has 0 saturated heterocycles. The van der Waals surface area contributed by atoms with E-state index in [0.717, 1.165) is 0 Å². The Kier molecular flexibility index (Phi) is 7.05. The number of rotatable bonds is 7. The minimum absolute atomic E-state index is 0.119. The highest BCUT2D eigenvalue weighted by Crippen LogP contribution is 2.36. The Morgan fingerprint density at radius 1 is 1.41 bits per heavy atom. The second kappa shape index (κ2) is 9.26. The second-order valence-electron chi connectivity index (χ2n) is 5.23. The average Bonchev–Trinajstić information content (AvgIpc) is 3.10. The fraction of sp³-hybridized carbons (Fsp3) is 0.278. The van der Waals surface area contributed by atoms with Crippen LogP contribution >= 0.6 is 22.9 Å². The van der Waals surface area contributed by atoms with Gasteiger partial charge in [0, 0.05) is 0 Å². The summed E-state index contributed by atoms with van der Waals surface area (Å²) < 4.78 is 15.8. The van der Waals surface area contributed by atoms with E-state index in [1.54, 1.807) is 18.4 Å². The molecule has 7 nitrogen and oxygen atoms in total. The Bertz CT molecular complexity index is 890. The predicted molar refractivity (Wildman–Crippen MR) is 102 cm³/mol. The van der Waals surface area contributed by atoms with Gasteiger partial charge in [-0.2, -0.15) is 5.26 Å². The number of nitrogens with one attached hydrogen (secondary N) is 1. The molecule has 0 aliphatic carbocycles. The first-order valence-electron chi connectivity index (χ1n) is 7.91. The molecule has 27 heavy (non-hydrogen) atoms. The van der Waals surface area contributed by atoms with Gasteiger partial charge in [0.1, 0.15) is 11.1 Å². The van der Waals surface area contributed by atoms with Crippen LogP contribution in [0.25, 0.3) is 0 Å². The van der Waals surface area contributed by atoms with Crippen molar-refractivity contribution in [3.8, 4) is 17.6 Å². The number of amides is 1. The number of nitrogens with zero attached hydrogens (tertiary/aromatic N) is 1. The molecule has 1 aromatic heterocycles. The van der Waals surface area contributed by atoms with Gasteiger partial charge in [-0.3, -0.25) is 4.79 Å². The van der Waals surface area contributed by atoms with Crippen molar-refractivity contribution in [2.24, 2.45) is 0 Å². The van der Waals surface area contributed by atoms with Crippen LogP contribution in [0.2, 0.25) is 5.02 Å². The molecule has 0 bridgehead atoms. The maximum atomic E-state index is 12.4. The van der Waals surface area contributed by atoms with Crippen LogP contribution in [0.4, 0.5) is 5.00 Å². The molecule has 0 fully saturated rings. The van der Waals surface area contributed by atoms with Crippen LogP contribution in [-0.4, -0.2) is 31.7 Å². The summed E-state index contributed by atoms with van der Waals surface area (Å²) >= 11 is 7.35. The molecule has 0 spiro atoms. The van der Waals surface area contributed by atoms with Gasteiger partial charge < -0.3 is 19.5 Å². The van der Waals surface area contributed by atoms with E-state index in [1.165, 1.54) is 37.5 Å². The monoisotopic (exact) mass is 408 g/mol. The third-order valence-corrected chi connectivity index (χ3v) is 4.54. The zero-order chi connectivity index (χ0) is 20.0. The number of ether oxygens (including phenoxy) is 3. The third kappa shape index (κ3) is 4.90. The van der Waals surface area contributed by atoms with Crippen LogP contribution in [-0.2, 0) is 9.53 Å². The Morgan fingerprint density at radius 2 is 2.15 bits per heavy atom. The predicted octanol–water partition coefficient (Wildman–Crippen LogP) is 3.86. The van der Waals surface area contributed by atoms with Gasteiger partial charge in [-0.15, -0.1) is 11.3 Å². The van der Waals surface area contributed by atoms with Gasteiger partial charge in [0.2, 0.25) is 0 Å². The number of hydrogen-bond donors (Lipinski definition) is 1. The van der Waals surface area contributed by atoms with Crippen molar-refractivity contribution in [1.29, 1.82) is 5.26 Å². The van der Waals surface area contributed by atoms with Crippen molar-refractivity contribution >= 4 is 39.8 Å². The van der Waals surface area contributed by atoms with E-state index in [0.29, 0.717) is 22.9 Å². The fourth-order valence-electron chi connectivity index (χ4n) is 2.11. The van der Waals surface area contributed by atoms with Gasteiger partial charge in [0.05, 0.1) is 29.9 Å². The number of benzene rings is 1. The minimum Gasteiger partial charge on any atom is -0.493 e. The van der Waals surface area contributed by atoms with Crippen LogP contribution < -0.4 is 14.8 Å². The number of methoxy groups -OCH3 is 1. The number of carbonyl (C=O) groups is 2. The number of hydrogen-bond acceptors (Lipinski definition) is 7. The Morgan fingerprint density at radius 3 is 2.78 bits per heavy atom. The van der Waals surface area contributed by atoms with Crippen molar-refractivity contribution in [2.45, 2.75) is 20.0 Å². The van der Waals surface area contributed by atoms with Crippen molar-refractivity contribution in [3.05, 3.63) is 39.7 Å². The molecule has 1 aromatic carbocycles. The smallest absolute Gasteiger partial charge is 0.339 e. The standard InChI is InChI=1S/C18H17ClN2O5S/c1-4-25-15-13(19)7-12(8-14(15)24-3)18(23)26-10(2)16(22)21-17-11(9-20)5-6-27-17/h5-8,10H,4H2,1-3H3,(H,21,22)/t10-/m0/s1. The number of anilines is 1. The van der Waals surface area contributed by atoms with Crippen molar-refractivity contribution in [1.82, 2.24) is 0 Å². The summed E-state index contributed by atoms with van der Waals surface area (Å²) in [6.45, 7) is 3.61. The van der Waals surface area contributed by atoms with Gasteiger partial charge in [-0.25, -0.2) is 4.79 Å². The van der Waals surface area contributed by atoms with E-state index in [9.17, 15) is 9.59 Å². The molecule has 9 heteroatoms. The highest BCUT2D eigenvalue weighted by molar-refractivity contribution is 7.14. The van der Waals surface area contributed by atoms with E-state index >= 15 is 0 Å². The van der Waals surface area contributed by atoms with Crippen molar-refractivity contribution in [2.75, 3.05) is 19.0 Å². The molecule has 0 saturated carbocycles. The van der Waals surface area contributed by atoms with Crippen LogP contribution in [0, 0.1) is 11.3 Å². The molecule has 0 aliphatic heterocycles. The molecule has 2 aromatic rings. The molecule has 0 radical (unpaired) electrons. The van der Waals surface area contributed by atoms with Crippen LogP contribution in [0.1, 0.15) is 29.8 Å². The summed E-state index contributed by atoms with van der Waals surface area (Å²) in [5.41, 5.74) is 0.462. The molecule has 0 aliphatic rings. The highest BCUT2D eigenvalue weighted by atomic mass is 35.5. The van der Waals surface area contributed by atoms with Crippen molar-refractivity contribution in [3.63, 3.8) is 0 Å². The van der Waals surface area contributed by atoms with Crippen molar-refractivity contribution < 1.29 is 23.8 Å².